The van der Waals surface area contributed by atoms with E-state index < -0.39 is 11.4 Å². The van der Waals surface area contributed by atoms with Gasteiger partial charge in [-0.3, -0.25) is 4.57 Å². The van der Waals surface area contributed by atoms with Gasteiger partial charge < -0.3 is 5.32 Å². The number of nitrogens with one attached hydrogen (secondary N) is 1. The zero-order valence-electron chi connectivity index (χ0n) is 15.6. The highest BCUT2D eigenvalue weighted by Gasteiger charge is 2.14. The highest BCUT2D eigenvalue weighted by atomic mass is 35.5. The molecule has 0 unspecified atom stereocenters. The predicted molar refractivity (Wildman–Crippen MR) is 108 cm³/mol. The number of benzene rings is 1. The Labute approximate surface area is 166 Å². The maximum atomic E-state index is 13.6. The molecule has 1 N–H and O–H groups in total. The molecule has 8 heteroatoms. The molecule has 0 saturated carbocycles. The van der Waals surface area contributed by atoms with Crippen LogP contribution in [-0.4, -0.2) is 14.1 Å². The first-order valence-electron chi connectivity index (χ1n) is 8.85. The number of halogens is 2. The standard InChI is InChI=1S/C20H20ClFN4O2/c1-3-25-19(27)24-18(23-16-7-5-4-6-15(21)11-16)26(20(25)28)12-14-8-9-17(22)13(2)10-14/h4-6,8-11H,3,7,12H2,1-2H3,(H,23,24,27). The van der Waals surface area contributed by atoms with Gasteiger partial charge in [-0.15, -0.1) is 0 Å². The summed E-state index contributed by atoms with van der Waals surface area (Å²) in [5.74, 6) is -0.198. The molecule has 28 heavy (non-hydrogen) atoms. The van der Waals surface area contributed by atoms with E-state index in [1.54, 1.807) is 38.1 Å². The molecule has 0 spiro atoms. The summed E-state index contributed by atoms with van der Waals surface area (Å²) in [5.41, 5.74) is 0.774. The molecule has 6 nitrogen and oxygen atoms in total. The molecule has 1 aromatic heterocycles. The highest BCUT2D eigenvalue weighted by Crippen LogP contribution is 2.17. The van der Waals surface area contributed by atoms with Crippen LogP contribution in [-0.2, 0) is 13.1 Å². The van der Waals surface area contributed by atoms with Crippen molar-refractivity contribution in [1.82, 2.24) is 14.1 Å². The lowest BCUT2D eigenvalue weighted by atomic mass is 10.1. The van der Waals surface area contributed by atoms with Crippen molar-refractivity contribution in [2.24, 2.45) is 0 Å². The Morgan fingerprint density at radius 2 is 2.07 bits per heavy atom. The second-order valence-corrected chi connectivity index (χ2v) is 6.83. The van der Waals surface area contributed by atoms with Crippen LogP contribution in [0.4, 0.5) is 10.3 Å². The summed E-state index contributed by atoms with van der Waals surface area (Å²) in [5, 5.41) is 3.56. The van der Waals surface area contributed by atoms with Crippen LogP contribution in [0.15, 0.2) is 62.8 Å². The zero-order chi connectivity index (χ0) is 20.3. The molecule has 1 heterocycles. The zero-order valence-corrected chi connectivity index (χ0v) is 16.3. The van der Waals surface area contributed by atoms with E-state index >= 15 is 0 Å². The van der Waals surface area contributed by atoms with Crippen LogP contribution in [0.2, 0.25) is 0 Å². The summed E-state index contributed by atoms with van der Waals surface area (Å²) in [4.78, 5) is 29.2. The molecule has 2 aromatic rings. The van der Waals surface area contributed by atoms with Crippen LogP contribution in [0.25, 0.3) is 0 Å². The van der Waals surface area contributed by atoms with Crippen molar-refractivity contribution in [1.29, 1.82) is 0 Å². The fraction of sp³-hybridized carbons (Fsp3) is 0.250. The SMILES string of the molecule is CCn1c(=O)nc(NC2=CC(Cl)=CC=CC2)n(Cc2ccc(F)c(C)c2)c1=O. The fourth-order valence-electron chi connectivity index (χ4n) is 2.88. The van der Waals surface area contributed by atoms with Gasteiger partial charge in [0, 0.05) is 23.7 Å². The number of anilines is 1. The van der Waals surface area contributed by atoms with Gasteiger partial charge in [-0.1, -0.05) is 35.9 Å². The average molecular weight is 403 g/mol. The minimum atomic E-state index is -0.632. The third-order valence-electron chi connectivity index (χ3n) is 4.34. The first-order valence-corrected chi connectivity index (χ1v) is 9.23. The molecular weight excluding hydrogens is 383 g/mol. The van der Waals surface area contributed by atoms with E-state index in [4.69, 9.17) is 11.6 Å². The summed E-state index contributed by atoms with van der Waals surface area (Å²) in [7, 11) is 0. The van der Waals surface area contributed by atoms with E-state index in [1.807, 2.05) is 12.2 Å². The predicted octanol–water partition coefficient (Wildman–Crippen LogP) is 3.30. The van der Waals surface area contributed by atoms with Crippen molar-refractivity contribution in [3.63, 3.8) is 0 Å². The second-order valence-electron chi connectivity index (χ2n) is 6.39. The number of nitrogens with zero attached hydrogens (tertiary/aromatic N) is 3. The van der Waals surface area contributed by atoms with Gasteiger partial charge in [-0.05, 0) is 43.2 Å². The van der Waals surface area contributed by atoms with E-state index in [0.717, 1.165) is 10.1 Å². The third kappa shape index (κ3) is 4.31. The van der Waals surface area contributed by atoms with Crippen molar-refractivity contribution in [2.75, 3.05) is 5.32 Å². The molecule has 0 bridgehead atoms. The highest BCUT2D eigenvalue weighted by molar-refractivity contribution is 6.31. The smallest absolute Gasteiger partial charge is 0.329 e. The molecule has 1 aromatic carbocycles. The van der Waals surface area contributed by atoms with Crippen LogP contribution >= 0.6 is 11.6 Å². The van der Waals surface area contributed by atoms with Crippen molar-refractivity contribution < 1.29 is 4.39 Å². The Bertz CT molecular complexity index is 1110. The van der Waals surface area contributed by atoms with E-state index in [-0.39, 0.29) is 24.9 Å². The molecule has 0 radical (unpaired) electrons. The van der Waals surface area contributed by atoms with Crippen molar-refractivity contribution in [3.05, 3.63) is 91.1 Å². The van der Waals surface area contributed by atoms with Gasteiger partial charge in [0.05, 0.1) is 6.54 Å². The molecule has 1 aliphatic rings. The average Bonchev–Trinajstić information content (AvgIpc) is 2.85. The lowest BCUT2D eigenvalue weighted by Gasteiger charge is -2.16. The van der Waals surface area contributed by atoms with Gasteiger partial charge in [0.15, 0.2) is 0 Å². The van der Waals surface area contributed by atoms with Gasteiger partial charge in [0.2, 0.25) is 5.95 Å². The number of aryl methyl sites for hydroxylation is 1. The Hall–Kier alpha value is -2.93. The van der Waals surface area contributed by atoms with Crippen LogP contribution < -0.4 is 16.7 Å². The van der Waals surface area contributed by atoms with Gasteiger partial charge in [0.25, 0.3) is 0 Å². The van der Waals surface area contributed by atoms with Gasteiger partial charge in [0.1, 0.15) is 5.82 Å². The third-order valence-corrected chi connectivity index (χ3v) is 4.58. The van der Waals surface area contributed by atoms with E-state index in [9.17, 15) is 14.0 Å². The largest absolute Gasteiger partial charge is 0.354 e. The van der Waals surface area contributed by atoms with Crippen molar-refractivity contribution in [3.8, 4) is 0 Å². The molecule has 3 rings (SSSR count). The second kappa shape index (κ2) is 8.39. The van der Waals surface area contributed by atoms with Crippen LogP contribution in [0.1, 0.15) is 24.5 Å². The van der Waals surface area contributed by atoms with E-state index in [1.165, 1.54) is 10.6 Å². The Balaban J connectivity index is 2.07. The molecule has 0 amide bonds. The van der Waals surface area contributed by atoms with Gasteiger partial charge >= 0.3 is 11.4 Å². The van der Waals surface area contributed by atoms with Crippen molar-refractivity contribution >= 4 is 17.5 Å². The Kier molecular flexibility index (Phi) is 5.94. The van der Waals surface area contributed by atoms with Crippen LogP contribution in [0.5, 0.6) is 0 Å². The summed E-state index contributed by atoms with van der Waals surface area (Å²) in [6.07, 6.45) is 7.71. The molecule has 0 atom stereocenters. The molecule has 1 aliphatic carbocycles. The molecule has 0 fully saturated rings. The first-order chi connectivity index (χ1) is 13.4. The minimum Gasteiger partial charge on any atom is -0.329 e. The topological polar surface area (TPSA) is 68.9 Å². The van der Waals surface area contributed by atoms with Crippen molar-refractivity contribution in [2.45, 2.75) is 33.4 Å². The number of rotatable bonds is 5. The van der Waals surface area contributed by atoms with E-state index in [2.05, 4.69) is 10.3 Å². The summed E-state index contributed by atoms with van der Waals surface area (Å²) in [6, 6.07) is 4.63. The normalized spacial score (nSPS) is 13.7. The maximum absolute atomic E-state index is 13.6. The van der Waals surface area contributed by atoms with Crippen LogP contribution in [0, 0.1) is 12.7 Å². The van der Waals surface area contributed by atoms with Crippen LogP contribution in [0.3, 0.4) is 0 Å². The molecule has 0 saturated heterocycles. The monoisotopic (exact) mass is 402 g/mol. The number of hydrogen-bond acceptors (Lipinski definition) is 4. The molecular formula is C20H20ClFN4O2. The fourth-order valence-corrected chi connectivity index (χ4v) is 3.09. The summed E-state index contributed by atoms with van der Waals surface area (Å²) >= 11 is 6.10. The lowest BCUT2D eigenvalue weighted by molar-refractivity contribution is 0.573. The number of aromatic nitrogens is 3. The van der Waals surface area contributed by atoms with Gasteiger partial charge in [-0.2, -0.15) is 4.98 Å². The molecule has 0 aliphatic heterocycles. The molecule has 146 valence electrons. The van der Waals surface area contributed by atoms with E-state index in [0.29, 0.717) is 22.7 Å². The Morgan fingerprint density at radius 1 is 1.29 bits per heavy atom. The Morgan fingerprint density at radius 3 is 2.79 bits per heavy atom. The quantitative estimate of drug-likeness (QED) is 0.833. The number of hydrogen-bond donors (Lipinski definition) is 1. The first kappa shape index (κ1) is 19.8. The lowest BCUT2D eigenvalue weighted by Crippen LogP contribution is -2.42. The number of allylic oxidation sites excluding steroid dienone is 5. The maximum Gasteiger partial charge on any atom is 0.354 e. The minimum absolute atomic E-state index is 0.118. The summed E-state index contributed by atoms with van der Waals surface area (Å²) < 4.78 is 16.0. The summed E-state index contributed by atoms with van der Waals surface area (Å²) in [6.45, 7) is 3.70. The van der Waals surface area contributed by atoms with Gasteiger partial charge in [-0.25, -0.2) is 18.5 Å².